The smallest absolute Gasteiger partial charge is 0.253 e. The Labute approximate surface area is 212 Å². The Morgan fingerprint density at radius 1 is 0.750 bits per heavy atom. The molecular formula is C29H34N4O3. The number of nitrogens with one attached hydrogen (secondary N) is 3. The van der Waals surface area contributed by atoms with Crippen LogP contribution in [-0.2, 0) is 11.3 Å². The molecule has 0 aliphatic carbocycles. The molecule has 3 amide bonds. The highest BCUT2D eigenvalue weighted by molar-refractivity contribution is 5.98. The van der Waals surface area contributed by atoms with Gasteiger partial charge in [-0.15, -0.1) is 0 Å². The molecule has 0 heterocycles. The predicted molar refractivity (Wildman–Crippen MR) is 144 cm³/mol. The van der Waals surface area contributed by atoms with Gasteiger partial charge in [0, 0.05) is 42.1 Å². The number of carbonyl (C=O) groups excluding carboxylic acids is 3. The van der Waals surface area contributed by atoms with E-state index >= 15 is 0 Å². The van der Waals surface area contributed by atoms with Crippen molar-refractivity contribution in [3.63, 3.8) is 0 Å². The summed E-state index contributed by atoms with van der Waals surface area (Å²) >= 11 is 0. The summed E-state index contributed by atoms with van der Waals surface area (Å²) in [5.74, 6) is -0.427. The maximum Gasteiger partial charge on any atom is 0.253 e. The number of nitrogens with zero attached hydrogens (tertiary/aromatic N) is 1. The topological polar surface area (TPSA) is 90.5 Å². The second-order valence-corrected chi connectivity index (χ2v) is 8.52. The lowest BCUT2D eigenvalue weighted by Crippen LogP contribution is -2.32. The number of amides is 3. The van der Waals surface area contributed by atoms with Gasteiger partial charge in [-0.05, 0) is 60.9 Å². The number of hydrogen-bond acceptors (Lipinski definition) is 4. The van der Waals surface area contributed by atoms with Gasteiger partial charge in [0.05, 0.1) is 6.54 Å². The maximum atomic E-state index is 12.7. The van der Waals surface area contributed by atoms with Crippen molar-refractivity contribution >= 4 is 29.1 Å². The molecule has 0 saturated heterocycles. The second kappa shape index (κ2) is 13.7. The molecule has 7 nitrogen and oxygen atoms in total. The van der Waals surface area contributed by atoms with Crippen molar-refractivity contribution in [3.8, 4) is 0 Å². The van der Waals surface area contributed by atoms with Crippen LogP contribution in [0.2, 0.25) is 0 Å². The summed E-state index contributed by atoms with van der Waals surface area (Å²) in [7, 11) is 0. The van der Waals surface area contributed by atoms with Crippen LogP contribution in [0.1, 0.15) is 53.0 Å². The summed E-state index contributed by atoms with van der Waals surface area (Å²) < 4.78 is 0. The standard InChI is InChI=1S/C29H34N4O3/c1-3-17-33(18-4-2)29(36)23-13-15-25(16-14-23)30-21-27(34)32-26-12-8-11-24(19-26)28(35)31-20-22-9-6-5-7-10-22/h5-16,19,30H,3-4,17-18,20-21H2,1-2H3,(H,31,35)(H,32,34). The van der Waals surface area contributed by atoms with Crippen LogP contribution in [0.3, 0.4) is 0 Å². The molecule has 0 spiro atoms. The highest BCUT2D eigenvalue weighted by Gasteiger charge is 2.14. The van der Waals surface area contributed by atoms with Gasteiger partial charge in [-0.2, -0.15) is 0 Å². The zero-order chi connectivity index (χ0) is 25.8. The minimum atomic E-state index is -0.242. The summed E-state index contributed by atoms with van der Waals surface area (Å²) in [6, 6.07) is 23.7. The van der Waals surface area contributed by atoms with Crippen LogP contribution in [0.5, 0.6) is 0 Å². The quantitative estimate of drug-likeness (QED) is 0.339. The van der Waals surface area contributed by atoms with E-state index in [1.807, 2.05) is 35.2 Å². The molecule has 3 N–H and O–H groups in total. The van der Waals surface area contributed by atoms with Crippen LogP contribution in [0.4, 0.5) is 11.4 Å². The van der Waals surface area contributed by atoms with E-state index in [0.29, 0.717) is 23.4 Å². The zero-order valence-electron chi connectivity index (χ0n) is 20.9. The van der Waals surface area contributed by atoms with Gasteiger partial charge in [-0.25, -0.2) is 0 Å². The molecule has 0 aliphatic heterocycles. The van der Waals surface area contributed by atoms with Crippen molar-refractivity contribution in [2.45, 2.75) is 33.2 Å². The van der Waals surface area contributed by atoms with E-state index in [2.05, 4.69) is 29.8 Å². The van der Waals surface area contributed by atoms with Gasteiger partial charge in [0.1, 0.15) is 0 Å². The molecule has 0 aromatic heterocycles. The highest BCUT2D eigenvalue weighted by atomic mass is 16.2. The summed E-state index contributed by atoms with van der Waals surface area (Å²) in [6.07, 6.45) is 1.84. The Hall–Kier alpha value is -4.13. The lowest BCUT2D eigenvalue weighted by molar-refractivity contribution is -0.114. The van der Waals surface area contributed by atoms with E-state index in [1.165, 1.54) is 0 Å². The Morgan fingerprint density at radius 3 is 2.11 bits per heavy atom. The van der Waals surface area contributed by atoms with Crippen LogP contribution in [0, 0.1) is 0 Å². The number of rotatable bonds is 12. The molecule has 0 saturated carbocycles. The zero-order valence-corrected chi connectivity index (χ0v) is 20.9. The van der Waals surface area contributed by atoms with E-state index in [1.54, 1.807) is 48.5 Å². The Kier molecular flexibility index (Phi) is 10.1. The lowest BCUT2D eigenvalue weighted by atomic mass is 10.1. The van der Waals surface area contributed by atoms with Gasteiger partial charge in [-0.3, -0.25) is 14.4 Å². The van der Waals surface area contributed by atoms with E-state index in [4.69, 9.17) is 0 Å². The summed E-state index contributed by atoms with van der Waals surface area (Å²) in [5, 5.41) is 8.77. The first kappa shape index (κ1) is 26.5. The van der Waals surface area contributed by atoms with Crippen molar-refractivity contribution in [1.29, 1.82) is 0 Å². The van der Waals surface area contributed by atoms with Crippen molar-refractivity contribution in [2.75, 3.05) is 30.3 Å². The summed E-state index contributed by atoms with van der Waals surface area (Å²) in [5.41, 5.74) is 3.40. The summed E-state index contributed by atoms with van der Waals surface area (Å²) in [6.45, 7) is 6.08. The van der Waals surface area contributed by atoms with Gasteiger partial charge in [0.25, 0.3) is 11.8 Å². The number of anilines is 2. The first-order valence-corrected chi connectivity index (χ1v) is 12.4. The van der Waals surface area contributed by atoms with Crippen LogP contribution < -0.4 is 16.0 Å². The fourth-order valence-electron chi connectivity index (χ4n) is 3.77. The first-order chi connectivity index (χ1) is 17.5. The molecular weight excluding hydrogens is 452 g/mol. The molecule has 0 aliphatic rings. The average molecular weight is 487 g/mol. The first-order valence-electron chi connectivity index (χ1n) is 12.4. The molecule has 0 atom stereocenters. The van der Waals surface area contributed by atoms with Crippen LogP contribution in [-0.4, -0.2) is 42.3 Å². The molecule has 0 unspecified atom stereocenters. The minimum absolute atomic E-state index is 0.0238. The van der Waals surface area contributed by atoms with Gasteiger partial charge in [-0.1, -0.05) is 50.2 Å². The number of hydrogen-bond donors (Lipinski definition) is 3. The molecule has 0 radical (unpaired) electrons. The van der Waals surface area contributed by atoms with Crippen molar-refractivity contribution in [3.05, 3.63) is 95.6 Å². The van der Waals surface area contributed by atoms with Gasteiger partial charge >= 0.3 is 0 Å². The number of carbonyl (C=O) groups is 3. The van der Waals surface area contributed by atoms with Gasteiger partial charge < -0.3 is 20.9 Å². The monoisotopic (exact) mass is 486 g/mol. The minimum Gasteiger partial charge on any atom is -0.376 e. The van der Waals surface area contributed by atoms with E-state index < -0.39 is 0 Å². The molecule has 3 aromatic carbocycles. The van der Waals surface area contributed by atoms with E-state index in [-0.39, 0.29) is 24.3 Å². The molecule has 3 aromatic rings. The molecule has 3 rings (SSSR count). The highest BCUT2D eigenvalue weighted by Crippen LogP contribution is 2.14. The van der Waals surface area contributed by atoms with Crippen molar-refractivity contribution in [2.24, 2.45) is 0 Å². The lowest BCUT2D eigenvalue weighted by Gasteiger charge is -2.21. The number of benzene rings is 3. The van der Waals surface area contributed by atoms with Gasteiger partial charge in [0.2, 0.25) is 5.91 Å². The van der Waals surface area contributed by atoms with Gasteiger partial charge in [0.15, 0.2) is 0 Å². The van der Waals surface area contributed by atoms with Crippen LogP contribution >= 0.6 is 0 Å². The third-order valence-electron chi connectivity index (χ3n) is 5.56. The summed E-state index contributed by atoms with van der Waals surface area (Å²) in [4.78, 5) is 39.5. The fourth-order valence-corrected chi connectivity index (χ4v) is 3.77. The van der Waals surface area contributed by atoms with Crippen molar-refractivity contribution < 1.29 is 14.4 Å². The normalized spacial score (nSPS) is 10.4. The average Bonchev–Trinajstić information content (AvgIpc) is 2.91. The fraction of sp³-hybridized carbons (Fsp3) is 0.276. The third-order valence-corrected chi connectivity index (χ3v) is 5.56. The molecule has 7 heteroatoms. The Balaban J connectivity index is 1.50. The molecule has 188 valence electrons. The SMILES string of the molecule is CCCN(CCC)C(=O)c1ccc(NCC(=O)Nc2cccc(C(=O)NCc3ccccc3)c2)cc1. The van der Waals surface area contributed by atoms with E-state index in [0.717, 1.165) is 37.2 Å². The maximum absolute atomic E-state index is 12.7. The molecule has 0 bridgehead atoms. The van der Waals surface area contributed by atoms with Crippen LogP contribution in [0.25, 0.3) is 0 Å². The second-order valence-electron chi connectivity index (χ2n) is 8.52. The predicted octanol–water partition coefficient (Wildman–Crippen LogP) is 4.93. The molecule has 36 heavy (non-hydrogen) atoms. The Morgan fingerprint density at radius 2 is 1.44 bits per heavy atom. The van der Waals surface area contributed by atoms with Crippen LogP contribution in [0.15, 0.2) is 78.9 Å². The largest absolute Gasteiger partial charge is 0.376 e. The van der Waals surface area contributed by atoms with E-state index in [9.17, 15) is 14.4 Å². The Bertz CT molecular complexity index is 1140. The third kappa shape index (κ3) is 7.98. The molecule has 0 fully saturated rings. The van der Waals surface area contributed by atoms with Crippen molar-refractivity contribution in [1.82, 2.24) is 10.2 Å².